The van der Waals surface area contributed by atoms with Crippen LogP contribution in [0.15, 0.2) is 0 Å². The molecule has 0 saturated heterocycles. The van der Waals surface area contributed by atoms with E-state index in [1.54, 1.807) is 0 Å². The Balaban J connectivity index is -0.00000123. The fourth-order valence-corrected chi connectivity index (χ4v) is 2.38. The Hall–Kier alpha value is -2.14. The lowest BCUT2D eigenvalue weighted by molar-refractivity contribution is -0.139. The fourth-order valence-electron chi connectivity index (χ4n) is 1.48. The van der Waals surface area contributed by atoms with Gasteiger partial charge >= 0.3 is 11.9 Å². The summed E-state index contributed by atoms with van der Waals surface area (Å²) in [6.45, 7) is 7.66. The van der Waals surface area contributed by atoms with Gasteiger partial charge in [-0.05, 0) is 12.2 Å². The highest BCUT2D eigenvalue weighted by Gasteiger charge is 2.22. The van der Waals surface area contributed by atoms with E-state index in [1.807, 2.05) is 13.8 Å². The summed E-state index contributed by atoms with van der Waals surface area (Å²) < 4.78 is 0. The quantitative estimate of drug-likeness (QED) is 0.204. The van der Waals surface area contributed by atoms with Crippen LogP contribution < -0.4 is 16.4 Å². The number of aldehydes is 1. The summed E-state index contributed by atoms with van der Waals surface area (Å²) in [6.07, 6.45) is 1.98. The number of nitrogens with two attached hydrogens (primary N) is 1. The molecular formula is C18H35N3O7S. The zero-order valence-electron chi connectivity index (χ0n) is 17.6. The van der Waals surface area contributed by atoms with Crippen molar-refractivity contribution in [3.8, 4) is 0 Å². The van der Waals surface area contributed by atoms with Crippen molar-refractivity contribution >= 4 is 41.8 Å². The van der Waals surface area contributed by atoms with Crippen LogP contribution in [0.1, 0.15) is 53.4 Å². The first-order valence-electron chi connectivity index (χ1n) is 9.48. The van der Waals surface area contributed by atoms with Gasteiger partial charge in [0.1, 0.15) is 24.9 Å². The van der Waals surface area contributed by atoms with Crippen LogP contribution in [0, 0.1) is 0 Å². The molecule has 6 N–H and O–H groups in total. The Labute approximate surface area is 176 Å². The third-order valence-corrected chi connectivity index (χ3v) is 3.82. The summed E-state index contributed by atoms with van der Waals surface area (Å²) in [5.74, 6) is -3.11. The normalized spacial score (nSPS) is 11.3. The van der Waals surface area contributed by atoms with Crippen LogP contribution in [-0.4, -0.2) is 70.4 Å². The fraction of sp³-hybridized carbons (Fsp3) is 0.722. The molecule has 0 saturated carbocycles. The average Bonchev–Trinajstić information content (AvgIpc) is 2.68. The number of thioether (sulfide) groups is 1. The number of amides is 2. The molecule has 2 amide bonds. The van der Waals surface area contributed by atoms with Gasteiger partial charge in [-0.3, -0.25) is 19.2 Å². The number of carboxylic acid groups (broad SMARTS) is 2. The SMILES string of the molecule is CC.CCC.NC(CCC(=O)NC(CSCCC=O)C(=O)NCC(=O)O)C(=O)O. The van der Waals surface area contributed by atoms with Gasteiger partial charge in [0.15, 0.2) is 0 Å². The number of hydrogen-bond donors (Lipinski definition) is 5. The zero-order valence-corrected chi connectivity index (χ0v) is 18.4. The van der Waals surface area contributed by atoms with Crippen molar-refractivity contribution in [2.45, 2.75) is 65.5 Å². The number of carbonyl (C=O) groups excluding carboxylic acids is 3. The molecule has 11 heteroatoms. The lowest BCUT2D eigenvalue weighted by atomic mass is 10.1. The summed E-state index contributed by atoms with van der Waals surface area (Å²) in [5, 5.41) is 21.8. The van der Waals surface area contributed by atoms with E-state index in [4.69, 9.17) is 15.9 Å². The highest BCUT2D eigenvalue weighted by Crippen LogP contribution is 2.05. The second-order valence-corrected chi connectivity index (χ2v) is 6.60. The minimum Gasteiger partial charge on any atom is -0.480 e. The number of carbonyl (C=O) groups is 5. The topological polar surface area (TPSA) is 176 Å². The molecule has 2 unspecified atom stereocenters. The molecule has 170 valence electrons. The summed E-state index contributed by atoms with van der Waals surface area (Å²) in [5.41, 5.74) is 5.29. The molecule has 0 spiro atoms. The Morgan fingerprint density at radius 1 is 1.14 bits per heavy atom. The second-order valence-electron chi connectivity index (χ2n) is 5.45. The number of hydrogen-bond acceptors (Lipinski definition) is 7. The van der Waals surface area contributed by atoms with Crippen LogP contribution in [0.25, 0.3) is 0 Å². The van der Waals surface area contributed by atoms with Crippen molar-refractivity contribution in [1.82, 2.24) is 10.6 Å². The van der Waals surface area contributed by atoms with Crippen molar-refractivity contribution in [2.75, 3.05) is 18.1 Å². The van der Waals surface area contributed by atoms with Gasteiger partial charge in [-0.1, -0.05) is 34.1 Å². The minimum absolute atomic E-state index is 0.0943. The standard InChI is InChI=1S/C13H21N3O7S.C3H8.C2H6/c14-8(13(22)23)2-3-10(18)16-9(7-24-5-1-4-17)12(21)15-6-11(19)20;1-3-2;1-2/h4,8-9H,1-3,5-7,14H2,(H,15,21)(H,16,18)(H,19,20)(H,22,23);3H2,1-2H3;1-2H3. The zero-order chi connectivity index (χ0) is 23.2. The lowest BCUT2D eigenvalue weighted by Crippen LogP contribution is -2.49. The van der Waals surface area contributed by atoms with Crippen LogP contribution in [0.2, 0.25) is 0 Å². The number of aliphatic carboxylic acids is 2. The van der Waals surface area contributed by atoms with E-state index in [0.717, 1.165) is 6.29 Å². The van der Waals surface area contributed by atoms with Gasteiger partial charge in [0.25, 0.3) is 0 Å². The van der Waals surface area contributed by atoms with Gasteiger partial charge in [0, 0.05) is 18.6 Å². The third-order valence-electron chi connectivity index (χ3n) is 2.73. The van der Waals surface area contributed by atoms with E-state index in [0.29, 0.717) is 5.75 Å². The molecule has 0 heterocycles. The van der Waals surface area contributed by atoms with Gasteiger partial charge in [0.2, 0.25) is 11.8 Å². The molecule has 0 radical (unpaired) electrons. The first-order chi connectivity index (χ1) is 13.7. The average molecular weight is 438 g/mol. The smallest absolute Gasteiger partial charge is 0.322 e. The van der Waals surface area contributed by atoms with E-state index < -0.39 is 42.4 Å². The molecule has 0 aromatic heterocycles. The molecule has 29 heavy (non-hydrogen) atoms. The number of rotatable bonds is 13. The monoisotopic (exact) mass is 437 g/mol. The second kappa shape index (κ2) is 22.2. The molecular weight excluding hydrogens is 402 g/mol. The van der Waals surface area contributed by atoms with Crippen LogP contribution >= 0.6 is 11.8 Å². The summed E-state index contributed by atoms with van der Waals surface area (Å²) in [4.78, 5) is 55.0. The van der Waals surface area contributed by atoms with Gasteiger partial charge in [-0.15, -0.1) is 0 Å². The van der Waals surface area contributed by atoms with Crippen molar-refractivity contribution in [3.05, 3.63) is 0 Å². The maximum atomic E-state index is 11.9. The predicted octanol–water partition coefficient (Wildman–Crippen LogP) is 0.629. The molecule has 0 rings (SSSR count). The Bertz CT molecular complexity index is 490. The molecule has 0 aromatic carbocycles. The highest BCUT2D eigenvalue weighted by atomic mass is 32.2. The lowest BCUT2D eigenvalue weighted by Gasteiger charge is -2.18. The van der Waals surface area contributed by atoms with Crippen LogP contribution in [-0.2, 0) is 24.0 Å². The first-order valence-corrected chi connectivity index (χ1v) is 10.6. The van der Waals surface area contributed by atoms with Crippen LogP contribution in [0.4, 0.5) is 0 Å². The summed E-state index contributed by atoms with van der Waals surface area (Å²) in [7, 11) is 0. The molecule has 2 atom stereocenters. The van der Waals surface area contributed by atoms with Crippen molar-refractivity contribution in [1.29, 1.82) is 0 Å². The van der Waals surface area contributed by atoms with Gasteiger partial charge in [-0.25, -0.2) is 0 Å². The molecule has 0 aromatic rings. The first kappa shape index (κ1) is 31.6. The maximum absolute atomic E-state index is 11.9. The van der Waals surface area contributed by atoms with E-state index in [-0.39, 0.29) is 25.0 Å². The number of carboxylic acids is 2. The van der Waals surface area contributed by atoms with E-state index in [2.05, 4.69) is 24.5 Å². The Morgan fingerprint density at radius 3 is 2.14 bits per heavy atom. The van der Waals surface area contributed by atoms with E-state index >= 15 is 0 Å². The highest BCUT2D eigenvalue weighted by molar-refractivity contribution is 7.99. The predicted molar refractivity (Wildman–Crippen MR) is 113 cm³/mol. The van der Waals surface area contributed by atoms with Crippen molar-refractivity contribution in [3.63, 3.8) is 0 Å². The van der Waals surface area contributed by atoms with Gasteiger partial charge in [0.05, 0.1) is 0 Å². The molecule has 0 aliphatic carbocycles. The minimum atomic E-state index is -1.23. The van der Waals surface area contributed by atoms with Crippen molar-refractivity contribution in [2.24, 2.45) is 5.73 Å². The molecule has 0 bridgehead atoms. The van der Waals surface area contributed by atoms with E-state index in [1.165, 1.54) is 18.2 Å². The Morgan fingerprint density at radius 2 is 1.69 bits per heavy atom. The van der Waals surface area contributed by atoms with Crippen LogP contribution in [0.5, 0.6) is 0 Å². The largest absolute Gasteiger partial charge is 0.480 e. The Kier molecular flexibility index (Phi) is 24.1. The van der Waals surface area contributed by atoms with Gasteiger partial charge < -0.3 is 31.4 Å². The third kappa shape index (κ3) is 22.0. The maximum Gasteiger partial charge on any atom is 0.322 e. The molecule has 10 nitrogen and oxygen atoms in total. The summed E-state index contributed by atoms with van der Waals surface area (Å²) >= 11 is 1.25. The molecule has 0 aliphatic heterocycles. The van der Waals surface area contributed by atoms with Gasteiger partial charge in [-0.2, -0.15) is 11.8 Å². The number of nitrogens with one attached hydrogen (secondary N) is 2. The molecule has 0 aliphatic rings. The molecule has 0 fully saturated rings. The summed E-state index contributed by atoms with van der Waals surface area (Å²) in [6, 6.07) is -2.17. The van der Waals surface area contributed by atoms with Crippen LogP contribution in [0.3, 0.4) is 0 Å². The van der Waals surface area contributed by atoms with E-state index in [9.17, 15) is 24.0 Å². The van der Waals surface area contributed by atoms with Crippen molar-refractivity contribution < 1.29 is 34.2 Å².